The first-order chi connectivity index (χ1) is 10.5. The molecule has 0 saturated carbocycles. The molecule has 0 bridgehead atoms. The van der Waals surface area contributed by atoms with Crippen LogP contribution in [0.2, 0.25) is 0 Å². The average Bonchev–Trinajstić information content (AvgIpc) is 2.50. The Hall–Kier alpha value is -1.34. The van der Waals surface area contributed by atoms with E-state index < -0.39 is 0 Å². The zero-order chi connectivity index (χ0) is 16.8. The zero-order valence-electron chi connectivity index (χ0n) is 13.3. The average molecular weight is 316 g/mol. The van der Waals surface area contributed by atoms with E-state index in [2.05, 4.69) is 0 Å². The standard InChI is InChI=1S/C10H14O4.C6H14O2/c11-5-7-13-9-1-2-10(4-3-9)14-8-6-12;1-5(7)3-4-6(2)8/h1-4,11-12H,5-8H2;5-8H,3-4H2,1-2H3. The maximum absolute atomic E-state index is 8.69. The van der Waals surface area contributed by atoms with Crippen LogP contribution in [0, 0.1) is 0 Å². The van der Waals surface area contributed by atoms with Gasteiger partial charge in [0.25, 0.3) is 0 Å². The number of ether oxygens (including phenoxy) is 2. The highest BCUT2D eigenvalue weighted by Crippen LogP contribution is 2.17. The second kappa shape index (κ2) is 13.3. The van der Waals surface area contributed by atoms with Crippen LogP contribution in [0.5, 0.6) is 11.5 Å². The maximum atomic E-state index is 8.69. The summed E-state index contributed by atoms with van der Waals surface area (Å²) in [5.41, 5.74) is 0. The third kappa shape index (κ3) is 12.4. The van der Waals surface area contributed by atoms with Crippen LogP contribution in [-0.2, 0) is 0 Å². The lowest BCUT2D eigenvalue weighted by Crippen LogP contribution is -2.06. The van der Waals surface area contributed by atoms with Crippen molar-refractivity contribution in [1.29, 1.82) is 0 Å². The second-order valence-electron chi connectivity index (χ2n) is 4.89. The normalized spacial score (nSPS) is 12.8. The molecule has 0 aliphatic carbocycles. The van der Waals surface area contributed by atoms with E-state index in [1.807, 2.05) is 0 Å². The largest absolute Gasteiger partial charge is 0.491 e. The molecular weight excluding hydrogens is 288 g/mol. The molecule has 0 saturated heterocycles. The Morgan fingerprint density at radius 1 is 0.773 bits per heavy atom. The Morgan fingerprint density at radius 3 is 1.32 bits per heavy atom. The van der Waals surface area contributed by atoms with Gasteiger partial charge in [-0.3, -0.25) is 0 Å². The zero-order valence-corrected chi connectivity index (χ0v) is 13.3. The summed E-state index contributed by atoms with van der Waals surface area (Å²) in [4.78, 5) is 0. The Morgan fingerprint density at radius 2 is 1.09 bits per heavy atom. The Balaban J connectivity index is 0.000000472. The van der Waals surface area contributed by atoms with Gasteiger partial charge in [-0.2, -0.15) is 0 Å². The summed E-state index contributed by atoms with van der Waals surface area (Å²) in [6.07, 6.45) is 0.837. The molecule has 0 fully saturated rings. The molecule has 1 rings (SSSR count). The predicted molar refractivity (Wildman–Crippen MR) is 84.2 cm³/mol. The van der Waals surface area contributed by atoms with Crippen molar-refractivity contribution in [3.63, 3.8) is 0 Å². The molecule has 1 aromatic rings. The van der Waals surface area contributed by atoms with Crippen molar-refractivity contribution in [3.8, 4) is 11.5 Å². The summed E-state index contributed by atoms with van der Waals surface area (Å²) in [6, 6.07) is 7.01. The van der Waals surface area contributed by atoms with E-state index in [1.165, 1.54) is 0 Å². The molecule has 0 aromatic heterocycles. The van der Waals surface area contributed by atoms with E-state index >= 15 is 0 Å². The Bertz CT molecular complexity index is 315. The molecule has 6 heteroatoms. The smallest absolute Gasteiger partial charge is 0.119 e. The third-order valence-electron chi connectivity index (χ3n) is 2.55. The fourth-order valence-electron chi connectivity index (χ4n) is 1.44. The van der Waals surface area contributed by atoms with Crippen molar-refractivity contribution in [1.82, 2.24) is 0 Å². The van der Waals surface area contributed by atoms with Crippen molar-refractivity contribution in [2.24, 2.45) is 0 Å². The van der Waals surface area contributed by atoms with Crippen LogP contribution in [0.4, 0.5) is 0 Å². The molecule has 0 heterocycles. The van der Waals surface area contributed by atoms with Gasteiger partial charge in [0.2, 0.25) is 0 Å². The van der Waals surface area contributed by atoms with Gasteiger partial charge in [0.1, 0.15) is 24.7 Å². The van der Waals surface area contributed by atoms with Crippen LogP contribution >= 0.6 is 0 Å². The van der Waals surface area contributed by atoms with Crippen LogP contribution in [0.25, 0.3) is 0 Å². The highest BCUT2D eigenvalue weighted by atomic mass is 16.5. The number of rotatable bonds is 9. The number of benzene rings is 1. The van der Waals surface area contributed by atoms with Gasteiger partial charge in [0, 0.05) is 0 Å². The van der Waals surface area contributed by atoms with Crippen LogP contribution < -0.4 is 9.47 Å². The SMILES string of the molecule is CC(O)CCC(C)O.OCCOc1ccc(OCCO)cc1. The molecule has 6 nitrogen and oxygen atoms in total. The van der Waals surface area contributed by atoms with Gasteiger partial charge >= 0.3 is 0 Å². The molecular formula is C16H28O6. The van der Waals surface area contributed by atoms with Crippen molar-refractivity contribution in [2.75, 3.05) is 26.4 Å². The fourth-order valence-corrected chi connectivity index (χ4v) is 1.44. The monoisotopic (exact) mass is 316 g/mol. The van der Waals surface area contributed by atoms with E-state index in [0.717, 1.165) is 0 Å². The number of aliphatic hydroxyl groups is 4. The summed E-state index contributed by atoms with van der Waals surface area (Å²) in [6.45, 7) is 4.03. The Labute approximate surface area is 131 Å². The summed E-state index contributed by atoms with van der Waals surface area (Å²) in [5.74, 6) is 1.38. The number of hydrogen-bond donors (Lipinski definition) is 4. The predicted octanol–water partition coefficient (Wildman–Crippen LogP) is 0.957. The van der Waals surface area contributed by atoms with Gasteiger partial charge in [-0.05, 0) is 51.0 Å². The lowest BCUT2D eigenvalue weighted by molar-refractivity contribution is 0.133. The van der Waals surface area contributed by atoms with Crippen LogP contribution in [0.1, 0.15) is 26.7 Å². The van der Waals surface area contributed by atoms with Gasteiger partial charge < -0.3 is 29.9 Å². The highest BCUT2D eigenvalue weighted by Gasteiger charge is 1.98. The van der Waals surface area contributed by atoms with E-state index in [9.17, 15) is 0 Å². The van der Waals surface area contributed by atoms with E-state index in [0.29, 0.717) is 24.3 Å². The summed E-state index contributed by atoms with van der Waals surface area (Å²) in [7, 11) is 0. The van der Waals surface area contributed by atoms with Gasteiger partial charge in [-0.1, -0.05) is 0 Å². The lowest BCUT2D eigenvalue weighted by Gasteiger charge is -2.06. The van der Waals surface area contributed by atoms with Crippen LogP contribution in [-0.4, -0.2) is 59.1 Å². The number of hydrogen-bond acceptors (Lipinski definition) is 6. The summed E-state index contributed by atoms with van der Waals surface area (Å²) >= 11 is 0. The molecule has 0 radical (unpaired) electrons. The first-order valence-corrected chi connectivity index (χ1v) is 7.43. The van der Waals surface area contributed by atoms with Crippen molar-refractivity contribution < 1.29 is 29.9 Å². The fraction of sp³-hybridized carbons (Fsp3) is 0.625. The quantitative estimate of drug-likeness (QED) is 0.541. The van der Waals surface area contributed by atoms with E-state index in [4.69, 9.17) is 29.9 Å². The lowest BCUT2D eigenvalue weighted by atomic mass is 10.1. The first kappa shape index (κ1) is 20.7. The number of aliphatic hydroxyl groups excluding tert-OH is 4. The van der Waals surface area contributed by atoms with Gasteiger partial charge in [-0.15, -0.1) is 0 Å². The van der Waals surface area contributed by atoms with Gasteiger partial charge in [0.15, 0.2) is 0 Å². The molecule has 2 unspecified atom stereocenters. The van der Waals surface area contributed by atoms with E-state index in [1.54, 1.807) is 38.1 Å². The third-order valence-corrected chi connectivity index (χ3v) is 2.55. The van der Waals surface area contributed by atoms with Crippen LogP contribution in [0.15, 0.2) is 24.3 Å². The topological polar surface area (TPSA) is 99.4 Å². The minimum absolute atomic E-state index is 0.00274. The molecule has 0 amide bonds. The second-order valence-corrected chi connectivity index (χ2v) is 4.89. The molecule has 0 aliphatic heterocycles. The Kier molecular flexibility index (Phi) is 12.5. The molecule has 0 aliphatic rings. The first-order valence-electron chi connectivity index (χ1n) is 7.43. The summed E-state index contributed by atoms with van der Waals surface area (Å²) in [5, 5.41) is 34.4. The van der Waals surface area contributed by atoms with Gasteiger partial charge in [-0.25, -0.2) is 0 Å². The molecule has 1 aromatic carbocycles. The molecule has 22 heavy (non-hydrogen) atoms. The van der Waals surface area contributed by atoms with Crippen molar-refractivity contribution in [3.05, 3.63) is 24.3 Å². The highest BCUT2D eigenvalue weighted by molar-refractivity contribution is 5.31. The van der Waals surface area contributed by atoms with Gasteiger partial charge in [0.05, 0.1) is 25.4 Å². The molecule has 4 N–H and O–H groups in total. The van der Waals surface area contributed by atoms with Crippen molar-refractivity contribution in [2.45, 2.75) is 38.9 Å². The van der Waals surface area contributed by atoms with Crippen molar-refractivity contribution >= 4 is 0 Å². The molecule has 2 atom stereocenters. The minimum Gasteiger partial charge on any atom is -0.491 e. The minimum atomic E-state index is -0.274. The van der Waals surface area contributed by atoms with E-state index in [-0.39, 0.29) is 38.6 Å². The summed E-state index contributed by atoms with van der Waals surface area (Å²) < 4.78 is 10.3. The maximum Gasteiger partial charge on any atom is 0.119 e. The molecule has 128 valence electrons. The molecule has 0 spiro atoms. The van der Waals surface area contributed by atoms with Crippen LogP contribution in [0.3, 0.4) is 0 Å².